The third-order valence-corrected chi connectivity index (χ3v) is 2.94. The highest BCUT2D eigenvalue weighted by Gasteiger charge is 2.11. The highest BCUT2D eigenvalue weighted by Crippen LogP contribution is 2.25. The van der Waals surface area contributed by atoms with Crippen molar-refractivity contribution in [1.82, 2.24) is 9.78 Å². The van der Waals surface area contributed by atoms with Crippen molar-refractivity contribution in [3.63, 3.8) is 0 Å². The summed E-state index contributed by atoms with van der Waals surface area (Å²) in [6.07, 6.45) is 0. The van der Waals surface area contributed by atoms with Crippen LogP contribution in [0.1, 0.15) is 29.9 Å². The van der Waals surface area contributed by atoms with E-state index in [0.717, 1.165) is 17.0 Å². The number of hydrogen-bond donors (Lipinski definition) is 1. The topological polar surface area (TPSA) is 53.1 Å². The first-order valence-corrected chi connectivity index (χ1v) is 6.14. The molecule has 0 amide bonds. The standard InChI is InChI=1S/C14H18FN3O/c1-9-6-12(18(3)17-9)8-19-14-7-11(15)4-5-13(14)10(2)16/h4-7,10H,8,16H2,1-3H3. The predicted molar refractivity (Wildman–Crippen MR) is 71.3 cm³/mol. The van der Waals surface area contributed by atoms with Crippen molar-refractivity contribution in [2.75, 3.05) is 0 Å². The van der Waals surface area contributed by atoms with Gasteiger partial charge in [0.05, 0.1) is 11.4 Å². The van der Waals surface area contributed by atoms with Gasteiger partial charge in [-0.25, -0.2) is 4.39 Å². The van der Waals surface area contributed by atoms with E-state index in [0.29, 0.717) is 12.4 Å². The first kappa shape index (κ1) is 13.5. The second-order valence-electron chi connectivity index (χ2n) is 4.66. The summed E-state index contributed by atoms with van der Waals surface area (Å²) in [5.41, 5.74) is 8.49. The number of rotatable bonds is 4. The molecule has 2 rings (SSSR count). The van der Waals surface area contributed by atoms with Crippen molar-refractivity contribution in [2.24, 2.45) is 12.8 Å². The fourth-order valence-corrected chi connectivity index (χ4v) is 1.96. The fourth-order valence-electron chi connectivity index (χ4n) is 1.96. The Hall–Kier alpha value is -1.88. The van der Waals surface area contributed by atoms with Crippen molar-refractivity contribution in [1.29, 1.82) is 0 Å². The summed E-state index contributed by atoms with van der Waals surface area (Å²) in [5.74, 6) is 0.148. The Morgan fingerprint density at radius 3 is 2.74 bits per heavy atom. The molecule has 2 N–H and O–H groups in total. The molecule has 0 fully saturated rings. The van der Waals surface area contributed by atoms with Crippen LogP contribution in [0.3, 0.4) is 0 Å². The van der Waals surface area contributed by atoms with Gasteiger partial charge in [0.2, 0.25) is 0 Å². The van der Waals surface area contributed by atoms with Crippen LogP contribution in [-0.4, -0.2) is 9.78 Å². The monoisotopic (exact) mass is 263 g/mol. The van der Waals surface area contributed by atoms with Crippen molar-refractivity contribution in [3.05, 3.63) is 47.0 Å². The summed E-state index contributed by atoms with van der Waals surface area (Å²) in [6, 6.07) is 6.14. The van der Waals surface area contributed by atoms with Crippen LogP contribution in [-0.2, 0) is 13.7 Å². The number of halogens is 1. The lowest BCUT2D eigenvalue weighted by Gasteiger charge is -2.14. The molecular formula is C14H18FN3O. The van der Waals surface area contributed by atoms with Crippen LogP contribution in [0, 0.1) is 12.7 Å². The maximum Gasteiger partial charge on any atom is 0.130 e. The highest BCUT2D eigenvalue weighted by molar-refractivity contribution is 5.36. The van der Waals surface area contributed by atoms with Crippen LogP contribution in [0.4, 0.5) is 4.39 Å². The number of aryl methyl sites for hydroxylation is 2. The van der Waals surface area contributed by atoms with Crippen LogP contribution in [0.2, 0.25) is 0 Å². The minimum Gasteiger partial charge on any atom is -0.487 e. The number of nitrogens with zero attached hydrogens (tertiary/aromatic N) is 2. The maximum atomic E-state index is 13.3. The van der Waals surface area contributed by atoms with Gasteiger partial charge < -0.3 is 10.5 Å². The number of nitrogens with two attached hydrogens (primary N) is 1. The Balaban J connectivity index is 2.19. The molecule has 2 aromatic rings. The lowest BCUT2D eigenvalue weighted by molar-refractivity contribution is 0.289. The number of ether oxygens (including phenoxy) is 1. The molecule has 0 aliphatic heterocycles. The SMILES string of the molecule is Cc1cc(COc2cc(F)ccc2C(C)N)n(C)n1. The quantitative estimate of drug-likeness (QED) is 0.922. The number of hydrogen-bond acceptors (Lipinski definition) is 3. The molecule has 102 valence electrons. The zero-order chi connectivity index (χ0) is 14.0. The van der Waals surface area contributed by atoms with Gasteiger partial charge in [0, 0.05) is 24.7 Å². The lowest BCUT2D eigenvalue weighted by Crippen LogP contribution is -2.09. The van der Waals surface area contributed by atoms with E-state index in [9.17, 15) is 4.39 Å². The highest BCUT2D eigenvalue weighted by atomic mass is 19.1. The molecule has 0 bridgehead atoms. The van der Waals surface area contributed by atoms with E-state index in [4.69, 9.17) is 10.5 Å². The van der Waals surface area contributed by atoms with E-state index in [1.54, 1.807) is 10.7 Å². The summed E-state index contributed by atoms with van der Waals surface area (Å²) in [4.78, 5) is 0. The van der Waals surface area contributed by atoms with Crippen LogP contribution >= 0.6 is 0 Å². The number of aromatic nitrogens is 2. The second kappa shape index (κ2) is 5.40. The fraction of sp³-hybridized carbons (Fsp3) is 0.357. The Bertz CT molecular complexity index is 578. The van der Waals surface area contributed by atoms with E-state index >= 15 is 0 Å². The zero-order valence-corrected chi connectivity index (χ0v) is 11.4. The molecule has 1 aromatic heterocycles. The lowest BCUT2D eigenvalue weighted by atomic mass is 10.1. The van der Waals surface area contributed by atoms with Crippen LogP contribution in [0.25, 0.3) is 0 Å². The largest absolute Gasteiger partial charge is 0.487 e. The molecule has 1 heterocycles. The van der Waals surface area contributed by atoms with Gasteiger partial charge in [-0.1, -0.05) is 6.07 Å². The minimum absolute atomic E-state index is 0.205. The molecule has 0 aliphatic carbocycles. The van der Waals surface area contributed by atoms with E-state index < -0.39 is 0 Å². The van der Waals surface area contributed by atoms with Crippen molar-refractivity contribution < 1.29 is 9.13 Å². The van der Waals surface area contributed by atoms with E-state index in [-0.39, 0.29) is 11.9 Å². The molecule has 5 heteroatoms. The molecule has 1 atom stereocenters. The summed E-state index contributed by atoms with van der Waals surface area (Å²) in [7, 11) is 1.85. The average Bonchev–Trinajstić information content (AvgIpc) is 2.65. The van der Waals surface area contributed by atoms with Crippen LogP contribution in [0.5, 0.6) is 5.75 Å². The van der Waals surface area contributed by atoms with Crippen molar-refractivity contribution in [2.45, 2.75) is 26.5 Å². The average molecular weight is 263 g/mol. The Morgan fingerprint density at radius 2 is 2.16 bits per heavy atom. The van der Waals surface area contributed by atoms with E-state index in [1.807, 2.05) is 27.0 Å². The third-order valence-electron chi connectivity index (χ3n) is 2.94. The number of benzene rings is 1. The smallest absolute Gasteiger partial charge is 0.130 e. The molecule has 0 aliphatic rings. The molecule has 0 saturated carbocycles. The van der Waals surface area contributed by atoms with Gasteiger partial charge in [-0.2, -0.15) is 5.10 Å². The Labute approximate surface area is 112 Å². The molecule has 4 nitrogen and oxygen atoms in total. The second-order valence-corrected chi connectivity index (χ2v) is 4.66. The van der Waals surface area contributed by atoms with E-state index in [1.165, 1.54) is 12.1 Å². The van der Waals surface area contributed by atoms with Crippen LogP contribution in [0.15, 0.2) is 24.3 Å². The van der Waals surface area contributed by atoms with Crippen LogP contribution < -0.4 is 10.5 Å². The summed E-state index contributed by atoms with van der Waals surface area (Å²) in [5, 5.41) is 4.24. The maximum absolute atomic E-state index is 13.3. The molecule has 0 radical (unpaired) electrons. The van der Waals surface area contributed by atoms with Gasteiger partial charge in [0.1, 0.15) is 18.2 Å². The summed E-state index contributed by atoms with van der Waals surface area (Å²) in [6.45, 7) is 4.09. The summed E-state index contributed by atoms with van der Waals surface area (Å²) < 4.78 is 20.7. The third kappa shape index (κ3) is 3.12. The normalized spacial score (nSPS) is 12.5. The predicted octanol–water partition coefficient (Wildman–Crippen LogP) is 2.47. The van der Waals surface area contributed by atoms with E-state index in [2.05, 4.69) is 5.10 Å². The molecule has 1 aromatic carbocycles. The van der Waals surface area contributed by atoms with Gasteiger partial charge in [0.15, 0.2) is 0 Å². The van der Waals surface area contributed by atoms with Gasteiger partial charge in [-0.15, -0.1) is 0 Å². The zero-order valence-electron chi connectivity index (χ0n) is 11.4. The summed E-state index contributed by atoms with van der Waals surface area (Å²) >= 11 is 0. The first-order valence-electron chi connectivity index (χ1n) is 6.14. The van der Waals surface area contributed by atoms with Crippen molar-refractivity contribution in [3.8, 4) is 5.75 Å². The van der Waals surface area contributed by atoms with Gasteiger partial charge in [-0.3, -0.25) is 4.68 Å². The minimum atomic E-state index is -0.333. The van der Waals surface area contributed by atoms with Crippen molar-refractivity contribution >= 4 is 0 Å². The Kier molecular flexibility index (Phi) is 3.85. The van der Waals surface area contributed by atoms with Gasteiger partial charge in [0.25, 0.3) is 0 Å². The van der Waals surface area contributed by atoms with Gasteiger partial charge in [-0.05, 0) is 26.0 Å². The molecular weight excluding hydrogens is 245 g/mol. The molecule has 0 saturated heterocycles. The first-order chi connectivity index (χ1) is 8.97. The molecule has 19 heavy (non-hydrogen) atoms. The Morgan fingerprint density at radius 1 is 1.42 bits per heavy atom. The van der Waals surface area contributed by atoms with Gasteiger partial charge >= 0.3 is 0 Å². The molecule has 1 unspecified atom stereocenters. The molecule has 0 spiro atoms.